The molecule has 3 aromatic rings. The summed E-state index contributed by atoms with van der Waals surface area (Å²) in [5.74, 6) is -0.589. The minimum atomic E-state index is -0.464. The molecule has 326 valence electrons. The number of hydrogen-bond acceptors (Lipinski definition) is 11. The Hall–Kier alpha value is -4.93. The molecule has 0 bridgehead atoms. The van der Waals surface area contributed by atoms with Crippen molar-refractivity contribution in [2.75, 3.05) is 91.2 Å². The normalized spacial score (nSPS) is 21.4. The third kappa shape index (κ3) is 10.5. The zero-order valence-electron chi connectivity index (χ0n) is 35.3. The number of H-pyrrole nitrogens is 1. The molecule has 5 aliphatic rings. The van der Waals surface area contributed by atoms with Crippen molar-refractivity contribution in [3.8, 4) is 0 Å². The number of nitrogens with one attached hydrogen (secondary N) is 2. The van der Waals surface area contributed by atoms with Crippen molar-refractivity contribution < 1.29 is 37.8 Å². The van der Waals surface area contributed by atoms with Crippen LogP contribution in [0.5, 0.6) is 0 Å². The van der Waals surface area contributed by atoms with Crippen molar-refractivity contribution in [1.82, 2.24) is 29.5 Å². The molecule has 4 amide bonds. The number of rotatable bonds is 9. The van der Waals surface area contributed by atoms with E-state index in [0.29, 0.717) is 62.9 Å². The summed E-state index contributed by atoms with van der Waals surface area (Å²) in [4.78, 5) is 74.6. The number of morpholine rings is 1. The van der Waals surface area contributed by atoms with Gasteiger partial charge in [0.15, 0.2) is 5.58 Å². The molecule has 4 fully saturated rings. The average molecular weight is 832 g/mol. The highest BCUT2D eigenvalue weighted by Gasteiger charge is 2.39. The van der Waals surface area contributed by atoms with Gasteiger partial charge in [-0.05, 0) is 93.7 Å². The number of methoxy groups -OCH3 is 1. The van der Waals surface area contributed by atoms with Gasteiger partial charge in [0.25, 0.3) is 0 Å². The molecule has 4 saturated heterocycles. The topological polar surface area (TPSA) is 170 Å². The number of aromatic amines is 1. The number of ether oxygens (including phenoxy) is 3. The number of aryl methyl sites for hydroxylation is 1. The first-order valence-electron chi connectivity index (χ1n) is 21.7. The van der Waals surface area contributed by atoms with E-state index < -0.39 is 5.76 Å². The molecular weight excluding hydrogens is 771 g/mol. The van der Waals surface area contributed by atoms with Crippen LogP contribution in [0.15, 0.2) is 45.6 Å². The van der Waals surface area contributed by atoms with Crippen LogP contribution in [-0.4, -0.2) is 157 Å². The first kappa shape index (κ1) is 43.2. The Morgan fingerprint density at radius 1 is 0.883 bits per heavy atom. The maximum Gasteiger partial charge on any atom is 0.417 e. The second-order valence-corrected chi connectivity index (χ2v) is 16.7. The summed E-state index contributed by atoms with van der Waals surface area (Å²) in [5.41, 5.74) is 5.24. The van der Waals surface area contributed by atoms with E-state index in [-0.39, 0.29) is 42.0 Å². The number of carbonyl (C=O) groups is 4. The van der Waals surface area contributed by atoms with E-state index in [0.717, 1.165) is 101 Å². The van der Waals surface area contributed by atoms with Crippen LogP contribution < -0.4 is 11.1 Å². The lowest BCUT2D eigenvalue weighted by Crippen LogP contribution is -2.51. The molecule has 0 spiro atoms. The van der Waals surface area contributed by atoms with Gasteiger partial charge in [-0.15, -0.1) is 0 Å². The number of anilines is 1. The summed E-state index contributed by atoms with van der Waals surface area (Å²) in [6.07, 6.45) is 6.33. The molecule has 2 aromatic carbocycles. The molecule has 8 rings (SSSR count). The molecule has 6 heterocycles. The molecule has 2 N–H and O–H groups in total. The number of likely N-dealkylation sites (tertiary alicyclic amines) is 3. The van der Waals surface area contributed by atoms with Gasteiger partial charge in [-0.3, -0.25) is 24.4 Å². The second-order valence-electron chi connectivity index (χ2n) is 16.7. The Morgan fingerprint density at radius 3 is 2.35 bits per heavy atom. The predicted octanol–water partition coefficient (Wildman–Crippen LogP) is 4.25. The minimum absolute atomic E-state index is 0.0403. The number of amides is 4. The minimum Gasteiger partial charge on any atom is -0.463 e. The number of esters is 1. The summed E-state index contributed by atoms with van der Waals surface area (Å²) >= 11 is 0. The van der Waals surface area contributed by atoms with Crippen LogP contribution in [0.2, 0.25) is 0 Å². The van der Waals surface area contributed by atoms with Gasteiger partial charge in [0.2, 0.25) is 5.91 Å². The first-order valence-corrected chi connectivity index (χ1v) is 21.7. The van der Waals surface area contributed by atoms with Crippen LogP contribution in [0.3, 0.4) is 0 Å². The Morgan fingerprint density at radius 2 is 1.60 bits per heavy atom. The Balaban J connectivity index is 0.000000210. The number of urea groups is 1. The van der Waals surface area contributed by atoms with Gasteiger partial charge in [-0.25, -0.2) is 14.4 Å². The van der Waals surface area contributed by atoms with E-state index in [1.807, 2.05) is 54.0 Å². The first-order chi connectivity index (χ1) is 29.1. The Labute approximate surface area is 351 Å². The van der Waals surface area contributed by atoms with Crippen LogP contribution in [0, 0.1) is 12.8 Å². The smallest absolute Gasteiger partial charge is 0.417 e. The van der Waals surface area contributed by atoms with Gasteiger partial charge >= 0.3 is 23.8 Å². The van der Waals surface area contributed by atoms with E-state index in [9.17, 15) is 24.0 Å². The fourth-order valence-corrected chi connectivity index (χ4v) is 9.49. The number of para-hydroxylation sites is 1. The maximum atomic E-state index is 13.3. The van der Waals surface area contributed by atoms with Gasteiger partial charge < -0.3 is 38.6 Å². The molecule has 5 aliphatic heterocycles. The monoisotopic (exact) mass is 831 g/mol. The summed E-state index contributed by atoms with van der Waals surface area (Å²) < 4.78 is 21.0. The predicted molar refractivity (Wildman–Crippen MR) is 225 cm³/mol. The molecule has 0 aliphatic carbocycles. The summed E-state index contributed by atoms with van der Waals surface area (Å²) in [7, 11) is 1.40. The van der Waals surface area contributed by atoms with Crippen molar-refractivity contribution in [2.45, 2.75) is 83.3 Å². The van der Waals surface area contributed by atoms with Gasteiger partial charge in [-0.2, -0.15) is 0 Å². The van der Waals surface area contributed by atoms with Crippen molar-refractivity contribution >= 4 is 40.8 Å². The number of fused-ring (bicyclic) bond motifs is 2. The highest BCUT2D eigenvalue weighted by molar-refractivity contribution is 5.91. The highest BCUT2D eigenvalue weighted by Crippen LogP contribution is 2.29. The highest BCUT2D eigenvalue weighted by atomic mass is 16.5. The fraction of sp³-hybridized carbons (Fsp3) is 0.614. The van der Waals surface area contributed by atoms with E-state index in [2.05, 4.69) is 26.2 Å². The molecule has 0 unspecified atom stereocenters. The van der Waals surface area contributed by atoms with E-state index in [1.165, 1.54) is 12.7 Å². The van der Waals surface area contributed by atoms with E-state index in [4.69, 9.17) is 18.6 Å². The lowest BCUT2D eigenvalue weighted by Gasteiger charge is -2.39. The largest absolute Gasteiger partial charge is 0.463 e. The number of piperidine rings is 2. The summed E-state index contributed by atoms with van der Waals surface area (Å²) in [6, 6.07) is 12.1. The van der Waals surface area contributed by atoms with Crippen molar-refractivity contribution in [1.29, 1.82) is 0 Å². The van der Waals surface area contributed by atoms with E-state index >= 15 is 0 Å². The van der Waals surface area contributed by atoms with Crippen LogP contribution in [0.4, 0.5) is 15.3 Å². The molecular formula is C44H61N7O9. The SMILES string of the molecule is COC(=O)N1CCC(N2CCc3ccccc3NC2=O)CC1.Cc1cc(C[C@@H](C)C(=O)N2CCC(N3CCC[C@@H]3C(=O)OCCN3CCOCC3)CC2)cc2oc(=O)[nH]c12. The molecule has 1 aromatic heterocycles. The third-order valence-electron chi connectivity index (χ3n) is 12.8. The van der Waals surface area contributed by atoms with Crippen LogP contribution in [-0.2, 0) is 36.6 Å². The van der Waals surface area contributed by atoms with Crippen LogP contribution in [0.1, 0.15) is 62.1 Å². The summed E-state index contributed by atoms with van der Waals surface area (Å²) in [6.45, 7) is 12.6. The third-order valence-corrected chi connectivity index (χ3v) is 12.8. The Kier molecular flexibility index (Phi) is 14.5. The number of benzene rings is 2. The van der Waals surface area contributed by atoms with Gasteiger partial charge in [-0.1, -0.05) is 31.2 Å². The summed E-state index contributed by atoms with van der Waals surface area (Å²) in [5, 5.41) is 3.00. The number of oxazole rings is 1. The van der Waals surface area contributed by atoms with Crippen molar-refractivity contribution in [3.63, 3.8) is 0 Å². The Bertz CT molecular complexity index is 2010. The zero-order chi connectivity index (χ0) is 42.2. The van der Waals surface area contributed by atoms with Gasteiger partial charge in [0.1, 0.15) is 12.6 Å². The number of nitrogens with zero attached hydrogens (tertiary/aromatic N) is 5. The number of carbonyl (C=O) groups excluding carboxylic acids is 4. The van der Waals surface area contributed by atoms with Gasteiger partial charge in [0.05, 0.1) is 25.8 Å². The van der Waals surface area contributed by atoms with E-state index in [1.54, 1.807) is 4.90 Å². The quantitative estimate of drug-likeness (QED) is 0.296. The zero-order valence-corrected chi connectivity index (χ0v) is 35.3. The second kappa shape index (κ2) is 20.1. The van der Waals surface area contributed by atoms with Crippen LogP contribution in [0.25, 0.3) is 11.1 Å². The molecule has 0 saturated carbocycles. The molecule has 2 atom stereocenters. The van der Waals surface area contributed by atoms with Crippen LogP contribution >= 0.6 is 0 Å². The van der Waals surface area contributed by atoms with Crippen molar-refractivity contribution in [3.05, 3.63) is 63.6 Å². The molecule has 16 heteroatoms. The standard InChI is InChI=1S/C28H40N4O6.C16H21N3O3/c1-19-16-21(18-24-25(19)29-28(35)38-24)17-20(2)26(33)31-8-5-22(6-9-31)32-7-3-4-23(32)27(34)37-15-12-30-10-13-36-14-11-30;1-22-16(21)18-9-7-13(8-10-18)19-11-6-12-4-2-3-5-14(12)17-15(19)20/h16,18,20,22-23H,3-15,17H2,1-2H3,(H,29,35);2-5,13H,6-11H2,1H3,(H,17,20)/t20-,23-;/m1./s1. The number of hydrogen-bond donors (Lipinski definition) is 2. The molecule has 0 radical (unpaired) electrons. The molecule has 60 heavy (non-hydrogen) atoms. The lowest BCUT2D eigenvalue weighted by molar-refractivity contribution is -0.151. The van der Waals surface area contributed by atoms with Crippen molar-refractivity contribution in [2.24, 2.45) is 5.92 Å². The molecule has 16 nitrogen and oxygen atoms in total. The fourth-order valence-electron chi connectivity index (χ4n) is 9.49. The average Bonchev–Trinajstić information content (AvgIpc) is 3.87. The lowest BCUT2D eigenvalue weighted by atomic mass is 9.96. The number of aromatic nitrogens is 1. The van der Waals surface area contributed by atoms with Gasteiger partial charge in [0, 0.05) is 76.0 Å². The maximum absolute atomic E-state index is 13.3.